The lowest BCUT2D eigenvalue weighted by molar-refractivity contribution is -0.128. The Hall–Kier alpha value is -1.76. The second-order valence-corrected chi connectivity index (χ2v) is 10.6. The van der Waals surface area contributed by atoms with Gasteiger partial charge >= 0.3 is 10.4 Å². The van der Waals surface area contributed by atoms with Gasteiger partial charge in [-0.15, -0.1) is 0 Å². The molecular formula is C24H48N4O7S. The number of rotatable bonds is 20. The van der Waals surface area contributed by atoms with Crippen LogP contribution >= 0.6 is 0 Å². The van der Waals surface area contributed by atoms with Crippen LogP contribution in [0.15, 0.2) is 0 Å². The first kappa shape index (κ1) is 34.2. The standard InChI is InChI=1S/C23H44N4O3.CH4O4S/c1-3-4-5-6-7-8-9-12-21(29)25-17-14-23(2,26-16-11-15-24-20-28)19-27-18-10-13-22(27)30;1-5-6(2,3)4/h20,26H,3-19H2,1-2H3,(H,24,28)(H,25,29);1H3,(H,2,3,4). The first-order valence-electron chi connectivity index (χ1n) is 13.1. The van der Waals surface area contributed by atoms with Gasteiger partial charge in [-0.25, -0.2) is 0 Å². The van der Waals surface area contributed by atoms with Crippen molar-refractivity contribution in [2.24, 2.45) is 0 Å². The quantitative estimate of drug-likeness (QED) is 0.105. The van der Waals surface area contributed by atoms with E-state index in [1.165, 1.54) is 32.1 Å². The number of hydrogen-bond acceptors (Lipinski definition) is 7. The summed E-state index contributed by atoms with van der Waals surface area (Å²) in [6.07, 6.45) is 12.9. The molecule has 1 rings (SSSR count). The van der Waals surface area contributed by atoms with E-state index in [0.717, 1.165) is 52.3 Å². The summed E-state index contributed by atoms with van der Waals surface area (Å²) >= 11 is 0. The Morgan fingerprint density at radius 2 is 1.75 bits per heavy atom. The highest BCUT2D eigenvalue weighted by molar-refractivity contribution is 7.80. The lowest BCUT2D eigenvalue weighted by Crippen LogP contribution is -2.53. The molecule has 1 atom stereocenters. The summed E-state index contributed by atoms with van der Waals surface area (Å²) in [7, 11) is -3.29. The molecule has 1 fully saturated rings. The van der Waals surface area contributed by atoms with E-state index in [-0.39, 0.29) is 17.4 Å². The molecule has 1 unspecified atom stereocenters. The van der Waals surface area contributed by atoms with Crippen molar-refractivity contribution < 1.29 is 31.5 Å². The molecule has 1 aliphatic rings. The van der Waals surface area contributed by atoms with Crippen molar-refractivity contribution in [2.75, 3.05) is 39.8 Å². The number of carbonyl (C=O) groups is 3. The molecule has 0 saturated carbocycles. The van der Waals surface area contributed by atoms with Crippen LogP contribution in [-0.4, -0.2) is 81.5 Å². The van der Waals surface area contributed by atoms with Crippen LogP contribution in [0.3, 0.4) is 0 Å². The molecule has 0 aromatic carbocycles. The molecule has 0 radical (unpaired) electrons. The number of nitrogens with zero attached hydrogens (tertiary/aromatic N) is 1. The third-order valence-corrected chi connectivity index (χ3v) is 6.48. The lowest BCUT2D eigenvalue weighted by Gasteiger charge is -2.35. The molecule has 1 aliphatic heterocycles. The lowest BCUT2D eigenvalue weighted by atomic mass is 9.96. The number of amides is 3. The molecule has 1 saturated heterocycles. The molecule has 0 bridgehead atoms. The highest BCUT2D eigenvalue weighted by atomic mass is 32.3. The van der Waals surface area contributed by atoms with E-state index in [1.54, 1.807) is 0 Å². The Morgan fingerprint density at radius 1 is 1.11 bits per heavy atom. The van der Waals surface area contributed by atoms with Crippen LogP contribution in [0.4, 0.5) is 0 Å². The molecule has 4 N–H and O–H groups in total. The van der Waals surface area contributed by atoms with Crippen molar-refractivity contribution >= 4 is 28.6 Å². The zero-order valence-corrected chi connectivity index (χ0v) is 23.2. The van der Waals surface area contributed by atoms with Crippen LogP contribution < -0.4 is 16.0 Å². The van der Waals surface area contributed by atoms with E-state index in [0.29, 0.717) is 38.9 Å². The molecule has 212 valence electrons. The average molecular weight is 537 g/mol. The van der Waals surface area contributed by atoms with Crippen molar-refractivity contribution in [3.05, 3.63) is 0 Å². The SMILES string of the molecule is CCCCCCCCCC(=O)NCCC(C)(CN1CCCC1=O)NCCCNC=O.COS(=O)(=O)O. The van der Waals surface area contributed by atoms with Crippen LogP contribution in [0.1, 0.15) is 90.9 Å². The Morgan fingerprint density at radius 3 is 2.31 bits per heavy atom. The maximum Gasteiger partial charge on any atom is 0.397 e. The van der Waals surface area contributed by atoms with Gasteiger partial charge in [0.2, 0.25) is 18.2 Å². The number of hydrogen-bond donors (Lipinski definition) is 4. The van der Waals surface area contributed by atoms with Gasteiger partial charge in [0, 0.05) is 44.6 Å². The molecule has 0 aliphatic carbocycles. The molecule has 1 heterocycles. The fourth-order valence-corrected chi connectivity index (χ4v) is 3.96. The first-order chi connectivity index (χ1) is 17.1. The van der Waals surface area contributed by atoms with Crippen LogP contribution in [0, 0.1) is 0 Å². The van der Waals surface area contributed by atoms with Gasteiger partial charge in [-0.2, -0.15) is 8.42 Å². The molecule has 0 aromatic heterocycles. The Kier molecular flexibility index (Phi) is 19.3. The third-order valence-electron chi connectivity index (χ3n) is 6.06. The summed E-state index contributed by atoms with van der Waals surface area (Å²) in [4.78, 5) is 36.5. The Labute approximate surface area is 217 Å². The zero-order chi connectivity index (χ0) is 27.3. The second kappa shape index (κ2) is 20.3. The van der Waals surface area contributed by atoms with Crippen molar-refractivity contribution in [3.63, 3.8) is 0 Å². The minimum atomic E-state index is -4.16. The van der Waals surface area contributed by atoms with Crippen molar-refractivity contribution in [1.29, 1.82) is 0 Å². The van der Waals surface area contributed by atoms with Gasteiger partial charge in [0.05, 0.1) is 7.11 Å². The molecule has 36 heavy (non-hydrogen) atoms. The van der Waals surface area contributed by atoms with Gasteiger partial charge < -0.3 is 20.9 Å². The topological polar surface area (TPSA) is 154 Å². The van der Waals surface area contributed by atoms with Crippen LogP contribution in [0.5, 0.6) is 0 Å². The summed E-state index contributed by atoms with van der Waals surface area (Å²) < 4.78 is 29.7. The summed E-state index contributed by atoms with van der Waals surface area (Å²) in [6.45, 7) is 7.80. The molecule has 0 spiro atoms. The number of likely N-dealkylation sites (tertiary alicyclic amines) is 1. The van der Waals surface area contributed by atoms with E-state index < -0.39 is 10.4 Å². The molecule has 11 nitrogen and oxygen atoms in total. The average Bonchev–Trinajstić information content (AvgIpc) is 3.22. The fourth-order valence-electron chi connectivity index (χ4n) is 3.96. The van der Waals surface area contributed by atoms with Crippen molar-refractivity contribution in [3.8, 4) is 0 Å². The van der Waals surface area contributed by atoms with Crippen LogP contribution in [0.25, 0.3) is 0 Å². The van der Waals surface area contributed by atoms with Gasteiger partial charge in [0.15, 0.2) is 0 Å². The molecule has 3 amide bonds. The first-order valence-corrected chi connectivity index (χ1v) is 14.4. The van der Waals surface area contributed by atoms with E-state index in [2.05, 4.69) is 34.0 Å². The second-order valence-electron chi connectivity index (χ2n) is 9.40. The summed E-state index contributed by atoms with van der Waals surface area (Å²) in [5.41, 5.74) is -0.256. The predicted octanol–water partition coefficient (Wildman–Crippen LogP) is 2.18. The highest BCUT2D eigenvalue weighted by Crippen LogP contribution is 2.17. The predicted molar refractivity (Wildman–Crippen MR) is 140 cm³/mol. The zero-order valence-electron chi connectivity index (χ0n) is 22.4. The van der Waals surface area contributed by atoms with E-state index in [1.807, 2.05) is 4.90 Å². The number of unbranched alkanes of at least 4 members (excludes halogenated alkanes) is 6. The third kappa shape index (κ3) is 19.4. The maximum absolute atomic E-state index is 12.2. The van der Waals surface area contributed by atoms with E-state index in [9.17, 15) is 22.8 Å². The van der Waals surface area contributed by atoms with Gasteiger partial charge in [-0.1, -0.05) is 45.4 Å². The molecule has 12 heteroatoms. The minimum Gasteiger partial charge on any atom is -0.359 e. The highest BCUT2D eigenvalue weighted by Gasteiger charge is 2.30. The van der Waals surface area contributed by atoms with Crippen molar-refractivity contribution in [2.45, 2.75) is 96.4 Å². The monoisotopic (exact) mass is 536 g/mol. The smallest absolute Gasteiger partial charge is 0.359 e. The van der Waals surface area contributed by atoms with E-state index in [4.69, 9.17) is 4.55 Å². The van der Waals surface area contributed by atoms with Gasteiger partial charge in [0.1, 0.15) is 0 Å². The van der Waals surface area contributed by atoms with Gasteiger partial charge in [-0.05, 0) is 39.2 Å². The molecule has 0 aromatic rings. The van der Waals surface area contributed by atoms with Gasteiger partial charge in [0.25, 0.3) is 0 Å². The van der Waals surface area contributed by atoms with Crippen LogP contribution in [-0.2, 0) is 29.0 Å². The maximum atomic E-state index is 12.2. The van der Waals surface area contributed by atoms with Gasteiger partial charge in [-0.3, -0.25) is 23.1 Å². The Balaban J connectivity index is 0.00000181. The van der Waals surface area contributed by atoms with E-state index >= 15 is 0 Å². The molecular weight excluding hydrogens is 488 g/mol. The summed E-state index contributed by atoms with van der Waals surface area (Å²) in [5, 5.41) is 9.28. The van der Waals surface area contributed by atoms with Crippen LogP contribution in [0.2, 0.25) is 0 Å². The van der Waals surface area contributed by atoms with Crippen molar-refractivity contribution in [1.82, 2.24) is 20.9 Å². The minimum absolute atomic E-state index is 0.123. The summed E-state index contributed by atoms with van der Waals surface area (Å²) in [5.74, 6) is 0.340. The largest absolute Gasteiger partial charge is 0.397 e. The number of carbonyl (C=O) groups excluding carboxylic acids is 3. The number of nitrogens with one attached hydrogen (secondary N) is 3. The fraction of sp³-hybridized carbons (Fsp3) is 0.875. The normalized spacial score (nSPS) is 15.1. The summed E-state index contributed by atoms with van der Waals surface area (Å²) in [6, 6.07) is 0. The Bertz CT molecular complexity index is 721.